The summed E-state index contributed by atoms with van der Waals surface area (Å²) in [5.74, 6) is 0.436. The molecule has 0 aliphatic rings. The molecule has 5 nitrogen and oxygen atoms in total. The van der Waals surface area contributed by atoms with Crippen LogP contribution in [0.1, 0.15) is 27.4 Å². The molecule has 0 atom stereocenters. The molecule has 2 aromatic rings. The first kappa shape index (κ1) is 13.4. The Bertz CT molecular complexity index is 603. The van der Waals surface area contributed by atoms with Crippen molar-refractivity contribution < 1.29 is 9.32 Å². The van der Waals surface area contributed by atoms with Crippen molar-refractivity contribution in [1.29, 1.82) is 0 Å². The molecule has 0 saturated carbocycles. The summed E-state index contributed by atoms with van der Waals surface area (Å²) in [5.41, 5.74) is 8.13. The average molecular weight is 280 g/mol. The molecule has 0 radical (unpaired) electrons. The third kappa shape index (κ3) is 2.88. The van der Waals surface area contributed by atoms with Crippen LogP contribution in [-0.2, 0) is 6.54 Å². The molecule has 0 spiro atoms. The van der Waals surface area contributed by atoms with Crippen LogP contribution < -0.4 is 11.1 Å². The number of hydrogen-bond donors (Lipinski definition) is 2. The summed E-state index contributed by atoms with van der Waals surface area (Å²) in [6.45, 7) is 3.98. The number of aryl methyl sites for hydroxylation is 2. The fraction of sp³-hybridized carbons (Fsp3) is 0.231. The Hall–Kier alpha value is -2.01. The van der Waals surface area contributed by atoms with E-state index >= 15 is 0 Å². The zero-order valence-electron chi connectivity index (χ0n) is 10.7. The minimum atomic E-state index is -0.259. The molecule has 6 heteroatoms. The lowest BCUT2D eigenvalue weighted by molar-refractivity contribution is 0.0951. The molecule has 1 aromatic heterocycles. The summed E-state index contributed by atoms with van der Waals surface area (Å²) >= 11 is 5.98. The highest BCUT2D eigenvalue weighted by Crippen LogP contribution is 2.19. The molecular formula is C13H14ClN3O2. The molecule has 19 heavy (non-hydrogen) atoms. The second-order valence-corrected chi connectivity index (χ2v) is 4.63. The van der Waals surface area contributed by atoms with E-state index in [-0.39, 0.29) is 5.91 Å². The van der Waals surface area contributed by atoms with Gasteiger partial charge in [0.1, 0.15) is 5.76 Å². The highest BCUT2D eigenvalue weighted by Gasteiger charge is 2.13. The Morgan fingerprint density at radius 1 is 1.47 bits per heavy atom. The van der Waals surface area contributed by atoms with E-state index in [1.165, 1.54) is 0 Å². The van der Waals surface area contributed by atoms with E-state index < -0.39 is 0 Å². The number of halogens is 1. The number of nitrogens with one attached hydrogen (secondary N) is 1. The largest absolute Gasteiger partial charge is 0.399 e. The fourth-order valence-corrected chi connectivity index (χ4v) is 2.01. The number of rotatable bonds is 3. The summed E-state index contributed by atoms with van der Waals surface area (Å²) < 4.78 is 5.03. The van der Waals surface area contributed by atoms with Crippen molar-refractivity contribution in [2.75, 3.05) is 5.73 Å². The molecule has 2 rings (SSSR count). The van der Waals surface area contributed by atoms with Crippen molar-refractivity contribution in [3.8, 4) is 0 Å². The molecule has 0 unspecified atom stereocenters. The minimum absolute atomic E-state index is 0.259. The van der Waals surface area contributed by atoms with Gasteiger partial charge in [0, 0.05) is 17.8 Å². The number of carbonyl (C=O) groups excluding carboxylic acids is 1. The van der Waals surface area contributed by atoms with E-state index in [0.29, 0.717) is 28.6 Å². The normalized spacial score (nSPS) is 10.5. The monoisotopic (exact) mass is 279 g/mol. The number of aromatic nitrogens is 1. The maximum atomic E-state index is 12.0. The topological polar surface area (TPSA) is 81.2 Å². The average Bonchev–Trinajstić information content (AvgIpc) is 2.66. The molecule has 0 fully saturated rings. The second kappa shape index (κ2) is 5.32. The summed E-state index contributed by atoms with van der Waals surface area (Å²) in [6, 6.07) is 4.78. The van der Waals surface area contributed by atoms with Crippen LogP contribution in [-0.4, -0.2) is 11.1 Å². The van der Waals surface area contributed by atoms with Gasteiger partial charge in [-0.2, -0.15) is 0 Å². The van der Waals surface area contributed by atoms with Crippen LogP contribution in [0.3, 0.4) is 0 Å². The number of anilines is 1. The number of hydrogen-bond acceptors (Lipinski definition) is 4. The number of nitrogens with two attached hydrogens (primary N) is 1. The minimum Gasteiger partial charge on any atom is -0.399 e. The highest BCUT2D eigenvalue weighted by molar-refractivity contribution is 6.34. The van der Waals surface area contributed by atoms with Gasteiger partial charge in [0.2, 0.25) is 0 Å². The van der Waals surface area contributed by atoms with Gasteiger partial charge < -0.3 is 15.6 Å². The van der Waals surface area contributed by atoms with Crippen LogP contribution in [0.2, 0.25) is 5.02 Å². The summed E-state index contributed by atoms with van der Waals surface area (Å²) in [5, 5.41) is 6.94. The predicted molar refractivity (Wildman–Crippen MR) is 73.0 cm³/mol. The van der Waals surface area contributed by atoms with E-state index in [1.54, 1.807) is 25.1 Å². The van der Waals surface area contributed by atoms with Crippen molar-refractivity contribution in [2.24, 2.45) is 0 Å². The van der Waals surface area contributed by atoms with Gasteiger partial charge in [-0.15, -0.1) is 0 Å². The molecule has 0 aliphatic carbocycles. The molecule has 100 valence electrons. The van der Waals surface area contributed by atoms with Gasteiger partial charge in [0.25, 0.3) is 5.91 Å². The number of benzene rings is 1. The Morgan fingerprint density at radius 2 is 2.21 bits per heavy atom. The van der Waals surface area contributed by atoms with E-state index in [2.05, 4.69) is 10.5 Å². The molecule has 3 N–H and O–H groups in total. The Balaban J connectivity index is 2.10. The number of carbonyl (C=O) groups is 1. The van der Waals surface area contributed by atoms with Gasteiger partial charge in [-0.3, -0.25) is 4.79 Å². The molecule has 0 saturated heterocycles. The first-order valence-corrected chi connectivity index (χ1v) is 6.12. The van der Waals surface area contributed by atoms with Gasteiger partial charge in [0.05, 0.1) is 16.3 Å². The van der Waals surface area contributed by atoms with Crippen LogP contribution in [0.4, 0.5) is 5.69 Å². The number of nitrogen functional groups attached to an aromatic ring is 1. The Kier molecular flexibility index (Phi) is 3.76. The predicted octanol–water partition coefficient (Wildman–Crippen LogP) is 2.46. The highest BCUT2D eigenvalue weighted by atomic mass is 35.5. The van der Waals surface area contributed by atoms with Crippen LogP contribution in [0, 0.1) is 13.8 Å². The number of nitrogens with zero attached hydrogens (tertiary/aromatic N) is 1. The zero-order valence-corrected chi connectivity index (χ0v) is 11.4. The van der Waals surface area contributed by atoms with Crippen LogP contribution in [0.5, 0.6) is 0 Å². The first-order valence-electron chi connectivity index (χ1n) is 5.74. The third-order valence-electron chi connectivity index (χ3n) is 2.84. The zero-order chi connectivity index (χ0) is 14.0. The van der Waals surface area contributed by atoms with E-state index in [9.17, 15) is 4.79 Å². The van der Waals surface area contributed by atoms with Crippen molar-refractivity contribution >= 4 is 23.2 Å². The lowest BCUT2D eigenvalue weighted by atomic mass is 10.1. The standard InChI is InChI=1S/C13H14ClN3O2/c1-7-11(8(2)19-17-7)6-16-13(18)10-4-3-9(15)5-12(10)14/h3-5H,6,15H2,1-2H3,(H,16,18). The quantitative estimate of drug-likeness (QED) is 0.846. The summed E-state index contributed by atoms with van der Waals surface area (Å²) in [6.07, 6.45) is 0. The van der Waals surface area contributed by atoms with Crippen LogP contribution >= 0.6 is 11.6 Å². The van der Waals surface area contributed by atoms with E-state index in [4.69, 9.17) is 21.9 Å². The molecule has 1 amide bonds. The smallest absolute Gasteiger partial charge is 0.253 e. The molecular weight excluding hydrogens is 266 g/mol. The van der Waals surface area contributed by atoms with Crippen molar-refractivity contribution in [3.63, 3.8) is 0 Å². The first-order chi connectivity index (χ1) is 8.99. The van der Waals surface area contributed by atoms with Crippen molar-refractivity contribution in [3.05, 3.63) is 45.8 Å². The van der Waals surface area contributed by atoms with Crippen molar-refractivity contribution in [2.45, 2.75) is 20.4 Å². The fourth-order valence-electron chi connectivity index (χ4n) is 1.73. The summed E-state index contributed by atoms with van der Waals surface area (Å²) in [7, 11) is 0. The maximum Gasteiger partial charge on any atom is 0.253 e. The van der Waals surface area contributed by atoms with Crippen molar-refractivity contribution in [1.82, 2.24) is 10.5 Å². The Labute approximate surface area is 115 Å². The van der Waals surface area contributed by atoms with Gasteiger partial charge in [-0.25, -0.2) is 0 Å². The molecule has 0 aliphatic heterocycles. The van der Waals surface area contributed by atoms with Crippen LogP contribution in [0.25, 0.3) is 0 Å². The van der Waals surface area contributed by atoms with Crippen LogP contribution in [0.15, 0.2) is 22.7 Å². The molecule has 0 bridgehead atoms. The second-order valence-electron chi connectivity index (χ2n) is 4.22. The Morgan fingerprint density at radius 3 is 2.79 bits per heavy atom. The van der Waals surface area contributed by atoms with E-state index in [1.807, 2.05) is 6.92 Å². The lowest BCUT2D eigenvalue weighted by Crippen LogP contribution is -2.23. The maximum absolute atomic E-state index is 12.0. The lowest BCUT2D eigenvalue weighted by Gasteiger charge is -2.07. The number of amides is 1. The SMILES string of the molecule is Cc1noc(C)c1CNC(=O)c1ccc(N)cc1Cl. The van der Waals surface area contributed by atoms with E-state index in [0.717, 1.165) is 11.3 Å². The van der Waals surface area contributed by atoms with Gasteiger partial charge in [-0.1, -0.05) is 16.8 Å². The van der Waals surface area contributed by atoms with Gasteiger partial charge in [0.15, 0.2) is 0 Å². The summed E-state index contributed by atoms with van der Waals surface area (Å²) in [4.78, 5) is 12.0. The van der Waals surface area contributed by atoms with Gasteiger partial charge >= 0.3 is 0 Å². The van der Waals surface area contributed by atoms with Gasteiger partial charge in [-0.05, 0) is 32.0 Å². The molecule has 1 heterocycles. The molecule has 1 aromatic carbocycles. The third-order valence-corrected chi connectivity index (χ3v) is 3.16.